The maximum absolute atomic E-state index is 3.18. The SMILES string of the molecule is C/C=C/CC=C=CCCCCC. The van der Waals surface area contributed by atoms with E-state index in [9.17, 15) is 0 Å². The van der Waals surface area contributed by atoms with E-state index in [-0.39, 0.29) is 0 Å². The fourth-order valence-corrected chi connectivity index (χ4v) is 0.935. The normalized spacial score (nSPS) is 9.83. The van der Waals surface area contributed by atoms with Gasteiger partial charge in [-0.25, -0.2) is 0 Å². The summed E-state index contributed by atoms with van der Waals surface area (Å²) in [6.45, 7) is 4.27. The van der Waals surface area contributed by atoms with Crippen LogP contribution in [0.25, 0.3) is 0 Å². The summed E-state index contributed by atoms with van der Waals surface area (Å²) in [4.78, 5) is 0. The van der Waals surface area contributed by atoms with Crippen LogP contribution in [0.5, 0.6) is 0 Å². The van der Waals surface area contributed by atoms with Gasteiger partial charge in [-0.3, -0.25) is 0 Å². The standard InChI is InChI=1S/C12H20/c1-3-5-7-9-11-12-10-8-6-4-2/h3,5,9,12H,4,6-8,10H2,1-2H3/b5-3+. The lowest BCUT2D eigenvalue weighted by atomic mass is 10.2. The van der Waals surface area contributed by atoms with Gasteiger partial charge in [-0.2, -0.15) is 0 Å². The van der Waals surface area contributed by atoms with Gasteiger partial charge >= 0.3 is 0 Å². The molecule has 0 bridgehead atoms. The van der Waals surface area contributed by atoms with Crippen LogP contribution < -0.4 is 0 Å². The molecule has 0 fully saturated rings. The van der Waals surface area contributed by atoms with Gasteiger partial charge in [0.2, 0.25) is 0 Å². The van der Waals surface area contributed by atoms with Crippen molar-refractivity contribution in [3.05, 3.63) is 30.0 Å². The van der Waals surface area contributed by atoms with Gasteiger partial charge in [0.25, 0.3) is 0 Å². The molecule has 0 heterocycles. The minimum absolute atomic E-state index is 1.01. The molecule has 68 valence electrons. The van der Waals surface area contributed by atoms with Crippen molar-refractivity contribution in [2.45, 2.75) is 46.0 Å². The average Bonchev–Trinajstić information content (AvgIpc) is 2.10. The van der Waals surface area contributed by atoms with Crippen LogP contribution in [0.1, 0.15) is 46.0 Å². The summed E-state index contributed by atoms with van der Waals surface area (Å²) in [5.74, 6) is 0. The maximum Gasteiger partial charge on any atom is -0.00932 e. The summed E-state index contributed by atoms with van der Waals surface area (Å²) in [6, 6.07) is 0. The molecule has 0 nitrogen and oxygen atoms in total. The van der Waals surface area contributed by atoms with Gasteiger partial charge in [-0.1, -0.05) is 31.9 Å². The number of rotatable bonds is 6. The zero-order valence-electron chi connectivity index (χ0n) is 8.34. The average molecular weight is 164 g/mol. The Morgan fingerprint density at radius 2 is 2.00 bits per heavy atom. The largest absolute Gasteiger partial charge is 0.129 e. The van der Waals surface area contributed by atoms with Crippen LogP contribution in [0, 0.1) is 0 Å². The minimum Gasteiger partial charge on any atom is -0.129 e. The van der Waals surface area contributed by atoms with Crippen LogP contribution in [-0.4, -0.2) is 0 Å². The van der Waals surface area contributed by atoms with Crippen molar-refractivity contribution >= 4 is 0 Å². The van der Waals surface area contributed by atoms with Crippen molar-refractivity contribution in [3.63, 3.8) is 0 Å². The lowest BCUT2D eigenvalue weighted by Crippen LogP contribution is -1.68. The molecule has 0 aliphatic carbocycles. The number of hydrogen-bond acceptors (Lipinski definition) is 0. The Morgan fingerprint density at radius 1 is 1.17 bits per heavy atom. The first-order chi connectivity index (χ1) is 5.91. The molecule has 0 aromatic rings. The quantitative estimate of drug-likeness (QED) is 0.313. The topological polar surface area (TPSA) is 0 Å². The Labute approximate surface area is 76.7 Å². The molecule has 0 spiro atoms. The molecule has 0 heteroatoms. The fourth-order valence-electron chi connectivity index (χ4n) is 0.935. The molecule has 0 amide bonds. The van der Waals surface area contributed by atoms with E-state index in [1.54, 1.807) is 0 Å². The van der Waals surface area contributed by atoms with E-state index in [4.69, 9.17) is 0 Å². The second-order valence-corrected chi connectivity index (χ2v) is 2.88. The zero-order valence-corrected chi connectivity index (χ0v) is 8.34. The van der Waals surface area contributed by atoms with Crippen LogP contribution in [-0.2, 0) is 0 Å². The molecule has 12 heavy (non-hydrogen) atoms. The molecule has 0 aromatic carbocycles. The van der Waals surface area contributed by atoms with E-state index in [1.807, 2.05) is 6.92 Å². The maximum atomic E-state index is 3.18. The Morgan fingerprint density at radius 3 is 2.67 bits per heavy atom. The van der Waals surface area contributed by atoms with Crippen molar-refractivity contribution in [2.75, 3.05) is 0 Å². The number of unbranched alkanes of at least 4 members (excludes halogenated alkanes) is 3. The van der Waals surface area contributed by atoms with E-state index >= 15 is 0 Å². The lowest BCUT2D eigenvalue weighted by molar-refractivity contribution is 0.729. The van der Waals surface area contributed by atoms with E-state index in [0.717, 1.165) is 6.42 Å². The molecule has 0 saturated carbocycles. The molecule has 0 saturated heterocycles. The Bertz CT molecular complexity index is 157. The highest BCUT2D eigenvalue weighted by Gasteiger charge is 1.79. The highest BCUT2D eigenvalue weighted by molar-refractivity contribution is 4.91. The summed E-state index contributed by atoms with van der Waals surface area (Å²) in [5.41, 5.74) is 3.18. The lowest BCUT2D eigenvalue weighted by Gasteiger charge is -1.88. The summed E-state index contributed by atoms with van der Waals surface area (Å²) in [7, 11) is 0. The van der Waals surface area contributed by atoms with Crippen molar-refractivity contribution in [3.8, 4) is 0 Å². The Hall–Kier alpha value is -0.740. The van der Waals surface area contributed by atoms with Crippen molar-refractivity contribution in [1.82, 2.24) is 0 Å². The molecule has 0 atom stereocenters. The minimum atomic E-state index is 1.01. The van der Waals surface area contributed by atoms with Gasteiger partial charge in [-0.15, -0.1) is 5.73 Å². The number of allylic oxidation sites excluding steroid dienone is 3. The predicted octanol–water partition coefficient (Wildman–Crippen LogP) is 4.24. The van der Waals surface area contributed by atoms with Gasteiger partial charge in [0.15, 0.2) is 0 Å². The van der Waals surface area contributed by atoms with Crippen LogP contribution >= 0.6 is 0 Å². The molecule has 0 radical (unpaired) electrons. The van der Waals surface area contributed by atoms with Crippen molar-refractivity contribution in [2.24, 2.45) is 0 Å². The molecule has 0 aliphatic rings. The van der Waals surface area contributed by atoms with Gasteiger partial charge in [0, 0.05) is 0 Å². The first kappa shape index (κ1) is 11.3. The summed E-state index contributed by atoms with van der Waals surface area (Å²) in [5, 5.41) is 0. The van der Waals surface area contributed by atoms with Gasteiger partial charge in [0.05, 0.1) is 0 Å². The number of hydrogen-bond donors (Lipinski definition) is 0. The van der Waals surface area contributed by atoms with Crippen LogP contribution in [0.15, 0.2) is 30.0 Å². The van der Waals surface area contributed by atoms with Crippen LogP contribution in [0.3, 0.4) is 0 Å². The fraction of sp³-hybridized carbons (Fsp3) is 0.583. The molecule has 0 N–H and O–H groups in total. The van der Waals surface area contributed by atoms with E-state index < -0.39 is 0 Å². The van der Waals surface area contributed by atoms with Crippen molar-refractivity contribution in [1.29, 1.82) is 0 Å². The third-order valence-electron chi connectivity index (χ3n) is 1.68. The van der Waals surface area contributed by atoms with Crippen LogP contribution in [0.2, 0.25) is 0 Å². The summed E-state index contributed by atoms with van der Waals surface area (Å²) < 4.78 is 0. The highest BCUT2D eigenvalue weighted by Crippen LogP contribution is 1.98. The second kappa shape index (κ2) is 10.3. The first-order valence-corrected chi connectivity index (χ1v) is 4.92. The first-order valence-electron chi connectivity index (χ1n) is 4.92. The van der Waals surface area contributed by atoms with Gasteiger partial charge in [0.1, 0.15) is 0 Å². The third-order valence-corrected chi connectivity index (χ3v) is 1.68. The third kappa shape index (κ3) is 9.26. The van der Waals surface area contributed by atoms with E-state index in [1.165, 1.54) is 25.7 Å². The molecular weight excluding hydrogens is 144 g/mol. The zero-order chi connectivity index (χ0) is 9.07. The summed E-state index contributed by atoms with van der Waals surface area (Å²) >= 11 is 0. The Balaban J connectivity index is 3.28. The highest BCUT2D eigenvalue weighted by atomic mass is 13.8. The molecular formula is C12H20. The monoisotopic (exact) mass is 164 g/mol. The molecule has 0 aromatic heterocycles. The smallest absolute Gasteiger partial charge is 0.00932 e. The predicted molar refractivity (Wildman–Crippen MR) is 56.2 cm³/mol. The van der Waals surface area contributed by atoms with E-state index in [0.29, 0.717) is 0 Å². The second-order valence-electron chi connectivity index (χ2n) is 2.88. The molecule has 0 rings (SSSR count). The van der Waals surface area contributed by atoms with Gasteiger partial charge < -0.3 is 0 Å². The molecule has 0 unspecified atom stereocenters. The van der Waals surface area contributed by atoms with E-state index in [2.05, 4.69) is 37.0 Å². The van der Waals surface area contributed by atoms with Gasteiger partial charge in [-0.05, 0) is 38.3 Å². The summed E-state index contributed by atoms with van der Waals surface area (Å²) in [6.07, 6.45) is 14.6. The Kier molecular flexibility index (Phi) is 9.63. The molecule has 0 aliphatic heterocycles. The van der Waals surface area contributed by atoms with Crippen LogP contribution in [0.4, 0.5) is 0 Å². The van der Waals surface area contributed by atoms with Crippen molar-refractivity contribution < 1.29 is 0 Å².